The van der Waals surface area contributed by atoms with Crippen LogP contribution in [0.5, 0.6) is 5.88 Å². The van der Waals surface area contributed by atoms with Crippen molar-refractivity contribution in [1.82, 2.24) is 20.3 Å². The lowest BCUT2D eigenvalue weighted by Gasteiger charge is -2.09. The Morgan fingerprint density at radius 3 is 2.83 bits per heavy atom. The Morgan fingerprint density at radius 2 is 2.13 bits per heavy atom. The number of carbonyl (C=O) groups is 1. The van der Waals surface area contributed by atoms with Crippen LogP contribution in [0.15, 0.2) is 30.7 Å². The quantitative estimate of drug-likeness (QED) is 0.910. The molecule has 2 rings (SSSR count). The summed E-state index contributed by atoms with van der Waals surface area (Å²) < 4.78 is 40.8. The first-order valence-electron chi connectivity index (χ1n) is 6.55. The molecule has 0 spiro atoms. The van der Waals surface area contributed by atoms with Crippen molar-refractivity contribution in [2.45, 2.75) is 19.6 Å². The van der Waals surface area contributed by atoms with Gasteiger partial charge >= 0.3 is 6.18 Å². The average molecular weight is 326 g/mol. The van der Waals surface area contributed by atoms with Crippen molar-refractivity contribution in [3.8, 4) is 5.88 Å². The molecule has 0 aliphatic carbocycles. The zero-order chi connectivity index (χ0) is 16.9. The number of alkyl halides is 3. The first-order chi connectivity index (χ1) is 10.8. The number of carbonyl (C=O) groups excluding carboxylic acids is 1. The van der Waals surface area contributed by atoms with Crippen LogP contribution in [0.1, 0.15) is 21.7 Å². The zero-order valence-corrected chi connectivity index (χ0v) is 12.1. The fourth-order valence-corrected chi connectivity index (χ4v) is 1.64. The highest BCUT2D eigenvalue weighted by atomic mass is 19.4. The SMILES string of the molecule is Cc1cncc(C(=O)NCc2ccnc(OCC(F)(F)F)c2)n1. The third kappa shape index (κ3) is 5.53. The lowest BCUT2D eigenvalue weighted by atomic mass is 10.2. The number of amides is 1. The summed E-state index contributed by atoms with van der Waals surface area (Å²) in [6.45, 7) is 0.380. The average Bonchev–Trinajstić information content (AvgIpc) is 2.50. The van der Waals surface area contributed by atoms with Crippen molar-refractivity contribution >= 4 is 5.91 Å². The van der Waals surface area contributed by atoms with E-state index in [2.05, 4.69) is 25.0 Å². The minimum absolute atomic E-state index is 0.0966. The number of aromatic nitrogens is 3. The lowest BCUT2D eigenvalue weighted by molar-refractivity contribution is -0.154. The van der Waals surface area contributed by atoms with E-state index in [9.17, 15) is 18.0 Å². The molecular formula is C14H13F3N4O2. The van der Waals surface area contributed by atoms with Gasteiger partial charge in [0.1, 0.15) is 5.69 Å². The highest BCUT2D eigenvalue weighted by molar-refractivity contribution is 5.91. The molecule has 0 fully saturated rings. The van der Waals surface area contributed by atoms with Gasteiger partial charge in [0, 0.05) is 25.0 Å². The number of nitrogens with zero attached hydrogens (tertiary/aromatic N) is 3. The van der Waals surface area contributed by atoms with Crippen LogP contribution in [-0.2, 0) is 6.54 Å². The highest BCUT2D eigenvalue weighted by Gasteiger charge is 2.28. The van der Waals surface area contributed by atoms with Crippen LogP contribution >= 0.6 is 0 Å². The van der Waals surface area contributed by atoms with Crippen molar-refractivity contribution in [2.75, 3.05) is 6.61 Å². The maximum atomic E-state index is 12.1. The molecule has 122 valence electrons. The third-order valence-electron chi connectivity index (χ3n) is 2.62. The molecule has 0 atom stereocenters. The number of rotatable bonds is 5. The molecule has 23 heavy (non-hydrogen) atoms. The van der Waals surface area contributed by atoms with Crippen LogP contribution in [0.2, 0.25) is 0 Å². The van der Waals surface area contributed by atoms with Crippen LogP contribution in [0.25, 0.3) is 0 Å². The molecule has 9 heteroatoms. The van der Waals surface area contributed by atoms with Gasteiger partial charge < -0.3 is 10.1 Å². The van der Waals surface area contributed by atoms with Gasteiger partial charge in [-0.15, -0.1) is 0 Å². The molecule has 0 aromatic carbocycles. The van der Waals surface area contributed by atoms with Crippen molar-refractivity contribution in [2.24, 2.45) is 0 Å². The second-order valence-corrected chi connectivity index (χ2v) is 4.63. The monoisotopic (exact) mass is 326 g/mol. The van der Waals surface area contributed by atoms with E-state index >= 15 is 0 Å². The third-order valence-corrected chi connectivity index (χ3v) is 2.62. The maximum absolute atomic E-state index is 12.1. The van der Waals surface area contributed by atoms with Gasteiger partial charge in [0.2, 0.25) is 5.88 Å². The summed E-state index contributed by atoms with van der Waals surface area (Å²) in [5.74, 6) is -0.597. The largest absolute Gasteiger partial charge is 0.468 e. The number of aryl methyl sites for hydroxylation is 1. The molecule has 0 unspecified atom stereocenters. The van der Waals surface area contributed by atoms with Gasteiger partial charge in [-0.3, -0.25) is 9.78 Å². The van der Waals surface area contributed by atoms with E-state index in [-0.39, 0.29) is 18.1 Å². The van der Waals surface area contributed by atoms with Crippen LogP contribution < -0.4 is 10.1 Å². The molecule has 0 aliphatic heterocycles. The van der Waals surface area contributed by atoms with Gasteiger partial charge in [-0.2, -0.15) is 13.2 Å². The normalized spacial score (nSPS) is 11.1. The number of ether oxygens (including phenoxy) is 1. The second kappa shape index (κ2) is 7.03. The first-order valence-corrected chi connectivity index (χ1v) is 6.55. The van der Waals surface area contributed by atoms with Crippen molar-refractivity contribution in [3.05, 3.63) is 47.7 Å². The molecular weight excluding hydrogens is 313 g/mol. The molecule has 0 aliphatic rings. The number of nitrogens with one attached hydrogen (secondary N) is 1. The zero-order valence-electron chi connectivity index (χ0n) is 12.1. The Labute approximate surface area is 129 Å². The van der Waals surface area contributed by atoms with Gasteiger partial charge in [0.15, 0.2) is 6.61 Å². The first kappa shape index (κ1) is 16.7. The molecule has 0 radical (unpaired) electrons. The summed E-state index contributed by atoms with van der Waals surface area (Å²) in [5.41, 5.74) is 1.31. The Hall–Kier alpha value is -2.71. The van der Waals surface area contributed by atoms with Gasteiger partial charge in [-0.25, -0.2) is 9.97 Å². The van der Waals surface area contributed by atoms with E-state index in [4.69, 9.17) is 0 Å². The predicted molar refractivity (Wildman–Crippen MR) is 73.7 cm³/mol. The molecule has 0 saturated carbocycles. The van der Waals surface area contributed by atoms with E-state index in [0.717, 1.165) is 0 Å². The Kier molecular flexibility index (Phi) is 5.09. The number of pyridine rings is 1. The molecule has 2 aromatic rings. The van der Waals surface area contributed by atoms with E-state index in [1.807, 2.05) is 0 Å². The fourth-order valence-electron chi connectivity index (χ4n) is 1.64. The van der Waals surface area contributed by atoms with Crippen LogP contribution in [0.3, 0.4) is 0 Å². The molecule has 0 saturated heterocycles. The topological polar surface area (TPSA) is 77.0 Å². The molecule has 1 amide bonds. The second-order valence-electron chi connectivity index (χ2n) is 4.63. The molecule has 2 aromatic heterocycles. The number of hydrogen-bond donors (Lipinski definition) is 1. The standard InChI is InChI=1S/C14H13F3N4O2/c1-9-5-18-7-11(21-9)13(22)20-6-10-2-3-19-12(4-10)23-8-14(15,16)17/h2-5,7H,6,8H2,1H3,(H,20,22). The van der Waals surface area contributed by atoms with E-state index < -0.39 is 18.7 Å². The Balaban J connectivity index is 1.94. The van der Waals surface area contributed by atoms with Gasteiger partial charge in [0.25, 0.3) is 5.91 Å². The Morgan fingerprint density at radius 1 is 1.35 bits per heavy atom. The minimum atomic E-state index is -4.43. The highest BCUT2D eigenvalue weighted by Crippen LogP contribution is 2.17. The van der Waals surface area contributed by atoms with Gasteiger partial charge in [0.05, 0.1) is 11.9 Å². The van der Waals surface area contributed by atoms with Crippen molar-refractivity contribution in [1.29, 1.82) is 0 Å². The number of hydrogen-bond acceptors (Lipinski definition) is 5. The van der Waals surface area contributed by atoms with Crippen LogP contribution in [0, 0.1) is 6.92 Å². The summed E-state index contributed by atoms with van der Waals surface area (Å²) >= 11 is 0. The summed E-state index contributed by atoms with van der Waals surface area (Å²) in [6.07, 6.45) is -0.286. The molecule has 2 heterocycles. The fraction of sp³-hybridized carbons (Fsp3) is 0.286. The number of halogens is 3. The van der Waals surface area contributed by atoms with E-state index in [1.54, 1.807) is 13.0 Å². The summed E-state index contributed by atoms with van der Waals surface area (Å²) in [7, 11) is 0. The molecule has 0 bridgehead atoms. The maximum Gasteiger partial charge on any atom is 0.422 e. The van der Waals surface area contributed by atoms with Crippen LogP contribution in [-0.4, -0.2) is 33.6 Å². The van der Waals surface area contributed by atoms with E-state index in [1.165, 1.54) is 24.7 Å². The summed E-state index contributed by atoms with van der Waals surface area (Å²) in [5, 5.41) is 2.60. The van der Waals surface area contributed by atoms with Crippen molar-refractivity contribution in [3.63, 3.8) is 0 Å². The van der Waals surface area contributed by atoms with E-state index in [0.29, 0.717) is 11.3 Å². The summed E-state index contributed by atoms with van der Waals surface area (Å²) in [4.78, 5) is 23.5. The van der Waals surface area contributed by atoms with Crippen LogP contribution in [0.4, 0.5) is 13.2 Å². The lowest BCUT2D eigenvalue weighted by Crippen LogP contribution is -2.24. The summed E-state index contributed by atoms with van der Waals surface area (Å²) in [6, 6.07) is 2.89. The predicted octanol–water partition coefficient (Wildman–Crippen LogP) is 2.05. The van der Waals surface area contributed by atoms with Gasteiger partial charge in [-0.05, 0) is 18.6 Å². The minimum Gasteiger partial charge on any atom is -0.468 e. The van der Waals surface area contributed by atoms with Gasteiger partial charge in [-0.1, -0.05) is 0 Å². The molecule has 1 N–H and O–H groups in total. The smallest absolute Gasteiger partial charge is 0.422 e. The molecule has 6 nitrogen and oxygen atoms in total. The Bertz CT molecular complexity index is 692. The van der Waals surface area contributed by atoms with Crippen molar-refractivity contribution < 1.29 is 22.7 Å².